The summed E-state index contributed by atoms with van der Waals surface area (Å²) < 4.78 is 46.2. The lowest BCUT2D eigenvalue weighted by Crippen LogP contribution is -2.58. The van der Waals surface area contributed by atoms with Gasteiger partial charge in [0.1, 0.15) is 16.3 Å². The zero-order valence-electron chi connectivity index (χ0n) is 25.4. The number of fused-ring (bicyclic) bond motifs is 1. The number of nitrogen functional groups attached to an aromatic ring is 1. The fourth-order valence-electron chi connectivity index (χ4n) is 6.10. The van der Waals surface area contributed by atoms with E-state index < -0.39 is 15.4 Å². The fraction of sp³-hybridized carbons (Fsp3) is 0.467. The van der Waals surface area contributed by atoms with Crippen molar-refractivity contribution in [3.63, 3.8) is 0 Å². The molecule has 3 N–H and O–H groups in total. The molecule has 1 amide bonds. The summed E-state index contributed by atoms with van der Waals surface area (Å²) in [5.41, 5.74) is 11.6. The van der Waals surface area contributed by atoms with Crippen LogP contribution in [0, 0.1) is 0 Å². The molecule has 0 unspecified atom stereocenters. The van der Waals surface area contributed by atoms with E-state index in [1.165, 1.54) is 4.52 Å². The van der Waals surface area contributed by atoms with Crippen LogP contribution in [0.1, 0.15) is 37.3 Å². The molecular weight excluding hydrogens is 600 g/mol. The lowest BCUT2D eigenvalue weighted by atomic mass is 9.76. The number of carbonyl (C=O) groups is 1. The summed E-state index contributed by atoms with van der Waals surface area (Å²) in [5.74, 6) is -0.511. The maximum absolute atomic E-state index is 13.6. The SMILES string of the molecule is COCCO[C@]1(C(=O)NN2CCOCC2)CC[C@@H](c2nc3c(-c4cnn(-c5ccccc5)c4)cnn3c(N)c2S(C)(=O)=O)CC1. The first-order chi connectivity index (χ1) is 21.7. The smallest absolute Gasteiger partial charge is 0.266 e. The minimum Gasteiger partial charge on any atom is -0.382 e. The first-order valence-corrected chi connectivity index (χ1v) is 16.8. The molecule has 0 atom stereocenters. The Morgan fingerprint density at radius 1 is 1.11 bits per heavy atom. The highest BCUT2D eigenvalue weighted by atomic mass is 32.2. The molecular formula is C30H38N8O6S. The molecule has 0 spiro atoms. The topological polar surface area (TPSA) is 168 Å². The second kappa shape index (κ2) is 12.8. The van der Waals surface area contributed by atoms with E-state index in [2.05, 4.69) is 15.6 Å². The summed E-state index contributed by atoms with van der Waals surface area (Å²) in [5, 5.41) is 10.8. The van der Waals surface area contributed by atoms with Crippen LogP contribution in [0.25, 0.3) is 22.5 Å². The van der Waals surface area contributed by atoms with Crippen LogP contribution in [0.15, 0.2) is 53.8 Å². The van der Waals surface area contributed by atoms with Gasteiger partial charge < -0.3 is 19.9 Å². The maximum Gasteiger partial charge on any atom is 0.266 e. The first kappa shape index (κ1) is 31.1. The quantitative estimate of drug-likeness (QED) is 0.244. The molecule has 1 saturated carbocycles. The lowest BCUT2D eigenvalue weighted by molar-refractivity contribution is -0.161. The number of nitrogens with two attached hydrogens (primary N) is 1. The molecule has 6 rings (SSSR count). The van der Waals surface area contributed by atoms with Crippen LogP contribution in [0.4, 0.5) is 5.82 Å². The minimum atomic E-state index is -3.78. The van der Waals surface area contributed by atoms with Crippen LogP contribution in [0.3, 0.4) is 0 Å². The van der Waals surface area contributed by atoms with Crippen LogP contribution >= 0.6 is 0 Å². The van der Waals surface area contributed by atoms with Gasteiger partial charge in [-0.05, 0) is 37.8 Å². The number of sulfone groups is 1. The number of hydrazine groups is 1. The summed E-state index contributed by atoms with van der Waals surface area (Å²) in [6.07, 6.45) is 7.98. The molecule has 1 aliphatic heterocycles. The van der Waals surface area contributed by atoms with E-state index in [0.717, 1.165) is 17.5 Å². The predicted octanol–water partition coefficient (Wildman–Crippen LogP) is 1.99. The molecule has 45 heavy (non-hydrogen) atoms. The highest BCUT2D eigenvalue weighted by molar-refractivity contribution is 7.91. The van der Waals surface area contributed by atoms with Crippen molar-refractivity contribution in [1.29, 1.82) is 0 Å². The molecule has 4 heterocycles. The van der Waals surface area contributed by atoms with Crippen LogP contribution in [0.2, 0.25) is 0 Å². The number of benzene rings is 1. The van der Waals surface area contributed by atoms with Crippen molar-refractivity contribution in [3.8, 4) is 16.8 Å². The van der Waals surface area contributed by atoms with Crippen molar-refractivity contribution < 1.29 is 27.4 Å². The number of ether oxygens (including phenoxy) is 3. The molecule has 3 aromatic heterocycles. The Hall–Kier alpha value is -3.89. The average Bonchev–Trinajstić information content (AvgIpc) is 3.70. The minimum absolute atomic E-state index is 0.00237. The Kier molecular flexibility index (Phi) is 8.88. The van der Waals surface area contributed by atoms with E-state index in [1.807, 2.05) is 41.5 Å². The van der Waals surface area contributed by atoms with Gasteiger partial charge in [-0.15, -0.1) is 0 Å². The number of para-hydroxylation sites is 1. The number of methoxy groups -OCH3 is 1. The van der Waals surface area contributed by atoms with Crippen molar-refractivity contribution in [2.45, 2.75) is 42.1 Å². The summed E-state index contributed by atoms with van der Waals surface area (Å²) >= 11 is 0. The number of aromatic nitrogens is 5. The van der Waals surface area contributed by atoms with Gasteiger partial charge >= 0.3 is 0 Å². The number of anilines is 1. The summed E-state index contributed by atoms with van der Waals surface area (Å²) in [6, 6.07) is 9.69. The maximum atomic E-state index is 13.6. The lowest BCUT2D eigenvalue weighted by Gasteiger charge is -2.40. The largest absolute Gasteiger partial charge is 0.382 e. The molecule has 1 aromatic carbocycles. The van der Waals surface area contributed by atoms with Gasteiger partial charge in [0.05, 0.1) is 50.2 Å². The number of hydrogen-bond donors (Lipinski definition) is 2. The highest BCUT2D eigenvalue weighted by Crippen LogP contribution is 2.43. The van der Waals surface area contributed by atoms with E-state index in [-0.39, 0.29) is 29.1 Å². The molecule has 2 fully saturated rings. The van der Waals surface area contributed by atoms with Gasteiger partial charge in [0.15, 0.2) is 15.5 Å². The molecule has 15 heteroatoms. The van der Waals surface area contributed by atoms with Crippen LogP contribution in [-0.4, -0.2) is 102 Å². The predicted molar refractivity (Wildman–Crippen MR) is 165 cm³/mol. The van der Waals surface area contributed by atoms with Crippen molar-refractivity contribution in [2.24, 2.45) is 0 Å². The third-order valence-electron chi connectivity index (χ3n) is 8.48. The van der Waals surface area contributed by atoms with E-state index in [4.69, 9.17) is 24.9 Å². The van der Waals surface area contributed by atoms with Gasteiger partial charge in [-0.1, -0.05) is 18.2 Å². The average molecular weight is 639 g/mol. The molecule has 240 valence electrons. The number of amides is 1. The fourth-order valence-corrected chi connectivity index (χ4v) is 7.16. The Labute approximate surface area is 261 Å². The third-order valence-corrected chi connectivity index (χ3v) is 9.64. The zero-order chi connectivity index (χ0) is 31.6. The number of nitrogens with one attached hydrogen (secondary N) is 1. The zero-order valence-corrected chi connectivity index (χ0v) is 26.2. The molecule has 1 aliphatic carbocycles. The van der Waals surface area contributed by atoms with Gasteiger partial charge in [0, 0.05) is 49.7 Å². The number of rotatable bonds is 10. The monoisotopic (exact) mass is 638 g/mol. The highest BCUT2D eigenvalue weighted by Gasteiger charge is 2.45. The Bertz CT molecular complexity index is 1760. The normalized spacial score (nSPS) is 21.2. The molecule has 0 radical (unpaired) electrons. The molecule has 4 aromatic rings. The summed E-state index contributed by atoms with van der Waals surface area (Å²) in [4.78, 5) is 18.5. The standard InChI is InChI=1S/C30H38N8O6S/c1-42-16-17-44-30(29(39)35-36-12-14-43-15-13-36)10-8-21(9-11-30)25-26(45(2,40)41)27(31)38-28(34-25)24(19-33-38)22-18-32-37(20-22)23-6-4-3-5-7-23/h3-7,18-21H,8-17,31H2,1-2H3,(H,35,39)/t21-,30-. The van der Waals surface area contributed by atoms with Crippen LogP contribution in [0.5, 0.6) is 0 Å². The van der Waals surface area contributed by atoms with Crippen molar-refractivity contribution >= 4 is 27.2 Å². The number of morpholine rings is 1. The van der Waals surface area contributed by atoms with E-state index >= 15 is 0 Å². The van der Waals surface area contributed by atoms with Crippen LogP contribution < -0.4 is 11.2 Å². The van der Waals surface area contributed by atoms with E-state index in [1.54, 1.807) is 24.2 Å². The number of nitrogens with zero attached hydrogens (tertiary/aromatic N) is 6. The number of hydrogen-bond acceptors (Lipinski definition) is 11. The summed E-state index contributed by atoms with van der Waals surface area (Å²) in [7, 11) is -2.20. The molecule has 0 bridgehead atoms. The second-order valence-electron chi connectivity index (χ2n) is 11.4. The Morgan fingerprint density at radius 2 is 1.84 bits per heavy atom. The van der Waals surface area contributed by atoms with Gasteiger partial charge in [-0.2, -0.15) is 14.7 Å². The van der Waals surface area contributed by atoms with E-state index in [0.29, 0.717) is 75.5 Å². The molecule has 1 saturated heterocycles. The van der Waals surface area contributed by atoms with Gasteiger partial charge in [-0.25, -0.2) is 23.1 Å². The second-order valence-corrected chi connectivity index (χ2v) is 13.4. The van der Waals surface area contributed by atoms with Gasteiger partial charge in [-0.3, -0.25) is 10.2 Å². The van der Waals surface area contributed by atoms with Crippen molar-refractivity contribution in [1.82, 2.24) is 34.8 Å². The molecule has 2 aliphatic rings. The first-order valence-electron chi connectivity index (χ1n) is 14.9. The van der Waals surface area contributed by atoms with Crippen LogP contribution in [-0.2, 0) is 28.8 Å². The van der Waals surface area contributed by atoms with Gasteiger partial charge in [0.2, 0.25) is 0 Å². The Balaban J connectivity index is 1.33. The van der Waals surface area contributed by atoms with Gasteiger partial charge in [0.25, 0.3) is 5.91 Å². The third kappa shape index (κ3) is 6.31. The Morgan fingerprint density at radius 3 is 2.53 bits per heavy atom. The number of carbonyl (C=O) groups excluding carboxylic acids is 1. The van der Waals surface area contributed by atoms with Crippen molar-refractivity contribution in [3.05, 3.63) is 54.6 Å². The van der Waals surface area contributed by atoms with Crippen molar-refractivity contribution in [2.75, 3.05) is 58.6 Å². The summed E-state index contributed by atoms with van der Waals surface area (Å²) in [6.45, 7) is 2.83. The molecule has 14 nitrogen and oxygen atoms in total. The van der Waals surface area contributed by atoms with E-state index in [9.17, 15) is 13.2 Å².